The Morgan fingerprint density at radius 2 is 2.21 bits per heavy atom. The average molecular weight is 210 g/mol. The highest BCUT2D eigenvalue weighted by atomic mass is 35.5. The molecule has 1 rings (SSSR count). The minimum Gasteiger partial charge on any atom is -0.475 e. The Kier molecular flexibility index (Phi) is 3.03. The van der Waals surface area contributed by atoms with Gasteiger partial charge in [-0.25, -0.2) is 4.98 Å². The molecule has 1 heterocycles. The summed E-state index contributed by atoms with van der Waals surface area (Å²) < 4.78 is 5.60. The lowest BCUT2D eigenvalue weighted by molar-refractivity contribution is 0.171. The fraction of sp³-hybridized carbons (Fsp3) is 0.364. The lowest BCUT2D eigenvalue weighted by Gasteiger charge is -2.21. The number of halogens is 1. The third kappa shape index (κ3) is 2.65. The van der Waals surface area contributed by atoms with Gasteiger partial charge in [0.05, 0.1) is 0 Å². The molecule has 0 aliphatic carbocycles. The molecule has 1 aromatic heterocycles. The molecule has 2 nitrogen and oxygen atoms in total. The largest absolute Gasteiger partial charge is 0.475 e. The van der Waals surface area contributed by atoms with E-state index in [0.29, 0.717) is 10.9 Å². The van der Waals surface area contributed by atoms with Gasteiger partial charge in [-0.2, -0.15) is 0 Å². The Balaban J connectivity index is 2.98. The van der Waals surface area contributed by atoms with E-state index >= 15 is 0 Å². The summed E-state index contributed by atoms with van der Waals surface area (Å²) in [5, 5.41) is 0.401. The van der Waals surface area contributed by atoms with Crippen molar-refractivity contribution in [3.05, 3.63) is 23.0 Å². The van der Waals surface area contributed by atoms with E-state index in [1.807, 2.05) is 20.8 Å². The van der Waals surface area contributed by atoms with Crippen LogP contribution in [0, 0.1) is 19.3 Å². The fourth-order valence-corrected chi connectivity index (χ4v) is 1.04. The monoisotopic (exact) mass is 209 g/mol. The van der Waals surface area contributed by atoms with Gasteiger partial charge in [0, 0.05) is 17.8 Å². The van der Waals surface area contributed by atoms with Crippen molar-refractivity contribution in [3.63, 3.8) is 0 Å². The van der Waals surface area contributed by atoms with Crippen LogP contribution < -0.4 is 4.74 Å². The zero-order valence-corrected chi connectivity index (χ0v) is 9.22. The molecule has 0 aromatic carbocycles. The second kappa shape index (κ2) is 3.89. The highest BCUT2D eigenvalue weighted by molar-refractivity contribution is 6.29. The number of pyridine rings is 1. The fourth-order valence-electron chi connectivity index (χ4n) is 0.896. The number of rotatable bonds is 2. The van der Waals surface area contributed by atoms with Gasteiger partial charge in [-0.15, -0.1) is 6.42 Å². The highest BCUT2D eigenvalue weighted by Crippen LogP contribution is 2.24. The van der Waals surface area contributed by atoms with Crippen LogP contribution in [0.15, 0.2) is 12.3 Å². The molecule has 0 radical (unpaired) electrons. The second-order valence-electron chi connectivity index (χ2n) is 3.53. The van der Waals surface area contributed by atoms with Gasteiger partial charge in [-0.05, 0) is 20.8 Å². The third-order valence-corrected chi connectivity index (χ3v) is 1.94. The van der Waals surface area contributed by atoms with Crippen LogP contribution in [0.25, 0.3) is 0 Å². The molecule has 0 aliphatic rings. The SMILES string of the molecule is C#CC(C)(C)Oc1cc(Cl)ncc1C. The van der Waals surface area contributed by atoms with Crippen LogP contribution in [-0.2, 0) is 0 Å². The van der Waals surface area contributed by atoms with Gasteiger partial charge >= 0.3 is 0 Å². The summed E-state index contributed by atoms with van der Waals surface area (Å²) in [5.74, 6) is 3.22. The van der Waals surface area contributed by atoms with Crippen molar-refractivity contribution in [2.24, 2.45) is 0 Å². The van der Waals surface area contributed by atoms with Crippen molar-refractivity contribution >= 4 is 11.6 Å². The highest BCUT2D eigenvalue weighted by Gasteiger charge is 2.17. The lowest BCUT2D eigenvalue weighted by Crippen LogP contribution is -2.25. The van der Waals surface area contributed by atoms with E-state index in [1.54, 1.807) is 12.3 Å². The number of aryl methyl sites for hydroxylation is 1. The molecule has 0 spiro atoms. The van der Waals surface area contributed by atoms with Crippen LogP contribution in [0.5, 0.6) is 5.75 Å². The van der Waals surface area contributed by atoms with Gasteiger partial charge in [0.15, 0.2) is 5.60 Å². The van der Waals surface area contributed by atoms with Crippen LogP contribution >= 0.6 is 11.6 Å². The van der Waals surface area contributed by atoms with E-state index in [-0.39, 0.29) is 0 Å². The summed E-state index contributed by atoms with van der Waals surface area (Å²) >= 11 is 5.75. The number of hydrogen-bond donors (Lipinski definition) is 0. The first-order valence-electron chi connectivity index (χ1n) is 4.23. The predicted molar refractivity (Wildman–Crippen MR) is 57.5 cm³/mol. The molecule has 0 fully saturated rings. The van der Waals surface area contributed by atoms with E-state index in [9.17, 15) is 0 Å². The van der Waals surface area contributed by atoms with Crippen LogP contribution in [0.3, 0.4) is 0 Å². The van der Waals surface area contributed by atoms with Crippen molar-refractivity contribution in [2.45, 2.75) is 26.4 Å². The van der Waals surface area contributed by atoms with Crippen molar-refractivity contribution in [2.75, 3.05) is 0 Å². The van der Waals surface area contributed by atoms with Gasteiger partial charge in [0.25, 0.3) is 0 Å². The predicted octanol–water partition coefficient (Wildman–Crippen LogP) is 2.83. The standard InChI is InChI=1S/C11H12ClNO/c1-5-11(3,4)14-9-6-10(12)13-7-8(9)2/h1,6-7H,2-4H3. The first-order valence-corrected chi connectivity index (χ1v) is 4.61. The normalized spacial score (nSPS) is 10.8. The zero-order chi connectivity index (χ0) is 10.8. The van der Waals surface area contributed by atoms with Crippen molar-refractivity contribution in [1.29, 1.82) is 0 Å². The molecule has 74 valence electrons. The molecule has 0 N–H and O–H groups in total. The van der Waals surface area contributed by atoms with Crippen molar-refractivity contribution in [3.8, 4) is 18.1 Å². The first kappa shape index (κ1) is 10.9. The molecule has 1 aromatic rings. The van der Waals surface area contributed by atoms with E-state index in [1.165, 1.54) is 0 Å². The maximum absolute atomic E-state index is 5.75. The van der Waals surface area contributed by atoms with Gasteiger partial charge in [0.2, 0.25) is 0 Å². The first-order chi connectivity index (χ1) is 6.44. The summed E-state index contributed by atoms with van der Waals surface area (Å²) in [7, 11) is 0. The van der Waals surface area contributed by atoms with Gasteiger partial charge in [0.1, 0.15) is 10.9 Å². The summed E-state index contributed by atoms with van der Waals surface area (Å²) in [4.78, 5) is 3.93. The third-order valence-electron chi connectivity index (χ3n) is 1.73. The molecule has 0 atom stereocenters. The Hall–Kier alpha value is -1.20. The van der Waals surface area contributed by atoms with E-state index < -0.39 is 5.60 Å². The number of hydrogen-bond acceptors (Lipinski definition) is 2. The Bertz CT molecular complexity index is 379. The smallest absolute Gasteiger partial charge is 0.163 e. The number of terminal acetylenes is 1. The molecule has 0 unspecified atom stereocenters. The quantitative estimate of drug-likeness (QED) is 0.552. The summed E-state index contributed by atoms with van der Waals surface area (Å²) in [5.41, 5.74) is 0.285. The zero-order valence-electron chi connectivity index (χ0n) is 8.47. The van der Waals surface area contributed by atoms with Crippen LogP contribution in [0.1, 0.15) is 19.4 Å². The lowest BCUT2D eigenvalue weighted by atomic mass is 10.1. The molecule has 14 heavy (non-hydrogen) atoms. The second-order valence-corrected chi connectivity index (χ2v) is 3.92. The van der Waals surface area contributed by atoms with Gasteiger partial charge in [-0.3, -0.25) is 0 Å². The van der Waals surface area contributed by atoms with E-state index in [2.05, 4.69) is 10.9 Å². The van der Waals surface area contributed by atoms with Crippen LogP contribution in [0.4, 0.5) is 0 Å². The average Bonchev–Trinajstić information content (AvgIpc) is 2.11. The molecule has 0 saturated heterocycles. The van der Waals surface area contributed by atoms with Crippen molar-refractivity contribution < 1.29 is 4.74 Å². The number of aromatic nitrogens is 1. The van der Waals surface area contributed by atoms with Crippen LogP contribution in [-0.4, -0.2) is 10.6 Å². The number of ether oxygens (including phenoxy) is 1. The van der Waals surface area contributed by atoms with Gasteiger partial charge in [-0.1, -0.05) is 17.5 Å². The minimum absolute atomic E-state index is 0.401. The summed E-state index contributed by atoms with van der Waals surface area (Å²) in [6.45, 7) is 5.53. The maximum Gasteiger partial charge on any atom is 0.163 e. The molecule has 3 heteroatoms. The minimum atomic E-state index is -0.630. The molecular formula is C11H12ClNO. The van der Waals surface area contributed by atoms with Crippen LogP contribution in [0.2, 0.25) is 5.15 Å². The topological polar surface area (TPSA) is 22.1 Å². The molecule has 0 aliphatic heterocycles. The van der Waals surface area contributed by atoms with Crippen molar-refractivity contribution in [1.82, 2.24) is 4.98 Å². The van der Waals surface area contributed by atoms with E-state index in [4.69, 9.17) is 22.8 Å². The van der Waals surface area contributed by atoms with Gasteiger partial charge < -0.3 is 4.74 Å². The Morgan fingerprint density at radius 3 is 2.79 bits per heavy atom. The molecule has 0 saturated carbocycles. The Labute approximate surface area is 89.3 Å². The Morgan fingerprint density at radius 1 is 1.57 bits per heavy atom. The maximum atomic E-state index is 5.75. The molecular weight excluding hydrogens is 198 g/mol. The summed E-state index contributed by atoms with van der Waals surface area (Å²) in [6, 6.07) is 1.66. The van der Waals surface area contributed by atoms with E-state index in [0.717, 1.165) is 5.56 Å². The molecule has 0 bridgehead atoms. The molecule has 0 amide bonds. The number of nitrogens with zero attached hydrogens (tertiary/aromatic N) is 1. The summed E-state index contributed by atoms with van der Waals surface area (Å²) in [6.07, 6.45) is 6.98.